The summed E-state index contributed by atoms with van der Waals surface area (Å²) < 4.78 is 0. The molecule has 1 atom stereocenters. The number of anilines is 1. The van der Waals surface area contributed by atoms with Gasteiger partial charge in [-0.3, -0.25) is 4.90 Å². The molecule has 0 aliphatic carbocycles. The van der Waals surface area contributed by atoms with Gasteiger partial charge in [-0.25, -0.2) is 4.79 Å². The number of hydrogen-bond acceptors (Lipinski definition) is 2. The van der Waals surface area contributed by atoms with Gasteiger partial charge in [0.25, 0.3) is 0 Å². The lowest BCUT2D eigenvalue weighted by molar-refractivity contribution is 0.227. The van der Waals surface area contributed by atoms with Crippen LogP contribution in [0.25, 0.3) is 0 Å². The smallest absolute Gasteiger partial charge is 0.319 e. The normalized spacial score (nSPS) is 15.8. The average molecular weight is 378 g/mol. The van der Waals surface area contributed by atoms with E-state index in [0.29, 0.717) is 22.3 Å². The lowest BCUT2D eigenvalue weighted by Gasteiger charge is -2.28. The van der Waals surface area contributed by atoms with Crippen LogP contribution in [0, 0.1) is 0 Å². The van der Waals surface area contributed by atoms with Gasteiger partial charge < -0.3 is 10.6 Å². The Morgan fingerprint density at radius 1 is 1.08 bits per heavy atom. The van der Waals surface area contributed by atoms with Gasteiger partial charge in [-0.2, -0.15) is 0 Å². The third kappa shape index (κ3) is 4.88. The van der Waals surface area contributed by atoms with Crippen molar-refractivity contribution >= 4 is 34.9 Å². The highest BCUT2D eigenvalue weighted by molar-refractivity contribution is 6.36. The molecule has 1 aliphatic rings. The van der Waals surface area contributed by atoms with E-state index < -0.39 is 0 Å². The summed E-state index contributed by atoms with van der Waals surface area (Å²) in [6.45, 7) is 2.67. The minimum Gasteiger partial charge on any atom is -0.336 e. The van der Waals surface area contributed by atoms with Crippen molar-refractivity contribution in [3.8, 4) is 0 Å². The molecule has 1 fully saturated rings. The Balaban J connectivity index is 1.63. The number of benzene rings is 2. The van der Waals surface area contributed by atoms with Crippen LogP contribution in [0.5, 0.6) is 0 Å². The highest BCUT2D eigenvalue weighted by Gasteiger charge is 2.23. The van der Waals surface area contributed by atoms with E-state index in [1.807, 2.05) is 18.2 Å². The second kappa shape index (κ2) is 8.56. The molecule has 0 saturated carbocycles. The van der Waals surface area contributed by atoms with Crippen molar-refractivity contribution in [1.82, 2.24) is 10.2 Å². The van der Waals surface area contributed by atoms with Crippen LogP contribution in [0.3, 0.4) is 0 Å². The number of hydrogen-bond donors (Lipinski definition) is 2. The van der Waals surface area contributed by atoms with Crippen LogP contribution < -0.4 is 10.6 Å². The van der Waals surface area contributed by atoms with Crippen molar-refractivity contribution in [2.45, 2.75) is 18.9 Å². The predicted octanol–water partition coefficient (Wildman–Crippen LogP) is 4.95. The van der Waals surface area contributed by atoms with Gasteiger partial charge in [0.1, 0.15) is 0 Å². The van der Waals surface area contributed by atoms with Gasteiger partial charge in [0.15, 0.2) is 0 Å². The van der Waals surface area contributed by atoms with Gasteiger partial charge >= 0.3 is 6.03 Å². The molecule has 1 heterocycles. The summed E-state index contributed by atoms with van der Waals surface area (Å²) in [7, 11) is 0. The van der Waals surface area contributed by atoms with Gasteiger partial charge in [0, 0.05) is 11.6 Å². The molecule has 0 spiro atoms. The first-order valence-corrected chi connectivity index (χ1v) is 9.18. The van der Waals surface area contributed by atoms with E-state index in [0.717, 1.165) is 13.1 Å². The maximum atomic E-state index is 12.3. The van der Waals surface area contributed by atoms with Gasteiger partial charge in [-0.05, 0) is 49.7 Å². The lowest BCUT2D eigenvalue weighted by atomic mass is 10.1. The first-order chi connectivity index (χ1) is 12.1. The molecule has 2 N–H and O–H groups in total. The Kier molecular flexibility index (Phi) is 6.19. The van der Waals surface area contributed by atoms with E-state index >= 15 is 0 Å². The zero-order valence-corrected chi connectivity index (χ0v) is 15.4. The molecule has 2 aromatic rings. The first-order valence-electron chi connectivity index (χ1n) is 8.42. The molecular formula is C19H21Cl2N3O. The summed E-state index contributed by atoms with van der Waals surface area (Å²) >= 11 is 12.0. The van der Waals surface area contributed by atoms with Crippen LogP contribution in [0.4, 0.5) is 10.5 Å². The van der Waals surface area contributed by atoms with Gasteiger partial charge in [-0.15, -0.1) is 0 Å². The van der Waals surface area contributed by atoms with Crippen molar-refractivity contribution in [3.05, 3.63) is 64.1 Å². The molecule has 2 amide bonds. The van der Waals surface area contributed by atoms with Crippen molar-refractivity contribution < 1.29 is 4.79 Å². The number of carbonyl (C=O) groups is 1. The van der Waals surface area contributed by atoms with Crippen molar-refractivity contribution in [2.24, 2.45) is 0 Å². The monoisotopic (exact) mass is 377 g/mol. The minimum absolute atomic E-state index is 0.176. The van der Waals surface area contributed by atoms with Crippen LogP contribution in [0.15, 0.2) is 48.5 Å². The van der Waals surface area contributed by atoms with E-state index in [-0.39, 0.29) is 12.1 Å². The van der Waals surface area contributed by atoms with Crippen LogP contribution in [0.1, 0.15) is 24.4 Å². The predicted molar refractivity (Wildman–Crippen MR) is 103 cm³/mol. The topological polar surface area (TPSA) is 44.4 Å². The largest absolute Gasteiger partial charge is 0.336 e. The van der Waals surface area contributed by atoms with Crippen LogP contribution in [0.2, 0.25) is 10.0 Å². The van der Waals surface area contributed by atoms with E-state index in [4.69, 9.17) is 23.2 Å². The number of rotatable bonds is 5. The molecule has 0 radical (unpaired) electrons. The van der Waals surface area contributed by atoms with Crippen LogP contribution >= 0.6 is 23.2 Å². The summed E-state index contributed by atoms with van der Waals surface area (Å²) in [6.07, 6.45) is 2.41. The second-order valence-corrected chi connectivity index (χ2v) is 6.97. The van der Waals surface area contributed by atoms with Crippen molar-refractivity contribution in [1.29, 1.82) is 0 Å². The SMILES string of the molecule is O=C(NCC(c1ccccc1)N1CCCC1)Nc1ccc(Cl)cc1Cl. The van der Waals surface area contributed by atoms with E-state index in [1.165, 1.54) is 18.4 Å². The van der Waals surface area contributed by atoms with Crippen LogP contribution in [-0.4, -0.2) is 30.6 Å². The molecule has 1 saturated heterocycles. The number of nitrogens with one attached hydrogen (secondary N) is 2. The maximum Gasteiger partial charge on any atom is 0.319 e. The second-order valence-electron chi connectivity index (χ2n) is 6.13. The molecule has 0 bridgehead atoms. The molecule has 1 aliphatic heterocycles. The molecule has 132 valence electrons. The molecule has 6 heteroatoms. The molecule has 25 heavy (non-hydrogen) atoms. The van der Waals surface area contributed by atoms with E-state index in [9.17, 15) is 4.79 Å². The molecule has 0 aromatic heterocycles. The minimum atomic E-state index is -0.274. The fourth-order valence-electron chi connectivity index (χ4n) is 3.13. The number of urea groups is 1. The number of carbonyl (C=O) groups excluding carboxylic acids is 1. The molecule has 3 rings (SSSR count). The maximum absolute atomic E-state index is 12.3. The van der Waals surface area contributed by atoms with E-state index in [1.54, 1.807) is 18.2 Å². The highest BCUT2D eigenvalue weighted by atomic mass is 35.5. The van der Waals surface area contributed by atoms with E-state index in [2.05, 4.69) is 27.7 Å². The third-order valence-electron chi connectivity index (χ3n) is 4.40. The molecule has 1 unspecified atom stereocenters. The number of likely N-dealkylation sites (tertiary alicyclic amines) is 1. The molecule has 4 nitrogen and oxygen atoms in total. The summed E-state index contributed by atoms with van der Waals surface area (Å²) in [4.78, 5) is 14.7. The highest BCUT2D eigenvalue weighted by Crippen LogP contribution is 2.26. The first kappa shape index (κ1) is 18.1. The molecular weight excluding hydrogens is 357 g/mol. The van der Waals surface area contributed by atoms with Crippen molar-refractivity contribution in [2.75, 3.05) is 25.0 Å². The Hall–Kier alpha value is -1.75. The fourth-order valence-corrected chi connectivity index (χ4v) is 3.59. The molecule has 2 aromatic carbocycles. The number of halogens is 2. The zero-order chi connectivity index (χ0) is 17.6. The summed E-state index contributed by atoms with van der Waals surface area (Å²) in [5.74, 6) is 0. The quantitative estimate of drug-likeness (QED) is 0.773. The zero-order valence-electron chi connectivity index (χ0n) is 13.8. The Labute approximate surface area is 158 Å². The van der Waals surface area contributed by atoms with Gasteiger partial charge in [-0.1, -0.05) is 53.5 Å². The Morgan fingerprint density at radius 2 is 1.80 bits per heavy atom. The van der Waals surface area contributed by atoms with Crippen LogP contribution in [-0.2, 0) is 0 Å². The standard InChI is InChI=1S/C19H21Cl2N3O/c20-15-8-9-17(16(21)12-15)23-19(25)22-13-18(24-10-4-5-11-24)14-6-2-1-3-7-14/h1-3,6-9,12,18H,4-5,10-11,13H2,(H2,22,23,25). The third-order valence-corrected chi connectivity index (χ3v) is 4.95. The summed E-state index contributed by atoms with van der Waals surface area (Å²) in [5.41, 5.74) is 1.76. The van der Waals surface area contributed by atoms with Gasteiger partial charge in [0.05, 0.1) is 16.8 Å². The lowest BCUT2D eigenvalue weighted by Crippen LogP contribution is -2.38. The Bertz CT molecular complexity index is 718. The fraction of sp³-hybridized carbons (Fsp3) is 0.316. The summed E-state index contributed by atoms with van der Waals surface area (Å²) in [5, 5.41) is 6.70. The number of nitrogens with zero attached hydrogens (tertiary/aromatic N) is 1. The summed E-state index contributed by atoms with van der Waals surface area (Å²) in [6, 6.07) is 15.2. The van der Waals surface area contributed by atoms with Gasteiger partial charge in [0.2, 0.25) is 0 Å². The average Bonchev–Trinajstić information content (AvgIpc) is 3.13. The number of amides is 2. The van der Waals surface area contributed by atoms with Crippen molar-refractivity contribution in [3.63, 3.8) is 0 Å². The Morgan fingerprint density at radius 3 is 2.48 bits per heavy atom.